The maximum Gasteiger partial charge on any atom is 0.138 e. The molecule has 0 unspecified atom stereocenters. The standard InChI is InChI=1S/C15H23N3S/c1-5-11-9-12-14(16-6-2)17-13(8-7-10(3)4)18-15(12)19-11/h9-10H,5-8H2,1-4H3,(H,16,17,18). The van der Waals surface area contributed by atoms with E-state index >= 15 is 0 Å². The van der Waals surface area contributed by atoms with Crippen molar-refractivity contribution in [1.29, 1.82) is 0 Å². The first-order chi connectivity index (χ1) is 9.13. The highest BCUT2D eigenvalue weighted by Crippen LogP contribution is 2.29. The second-order valence-electron chi connectivity index (χ2n) is 5.24. The molecule has 0 aliphatic heterocycles. The van der Waals surface area contributed by atoms with Crippen LogP contribution < -0.4 is 5.32 Å². The third kappa shape index (κ3) is 3.44. The number of aryl methyl sites for hydroxylation is 2. The van der Waals surface area contributed by atoms with E-state index in [1.54, 1.807) is 11.3 Å². The van der Waals surface area contributed by atoms with Crippen molar-refractivity contribution in [3.05, 3.63) is 16.8 Å². The summed E-state index contributed by atoms with van der Waals surface area (Å²) >= 11 is 1.79. The predicted molar refractivity (Wildman–Crippen MR) is 84.1 cm³/mol. The number of nitrogens with zero attached hydrogens (tertiary/aromatic N) is 2. The molecule has 3 nitrogen and oxygen atoms in total. The quantitative estimate of drug-likeness (QED) is 0.856. The molecular formula is C15H23N3S. The lowest BCUT2D eigenvalue weighted by atomic mass is 10.1. The van der Waals surface area contributed by atoms with Gasteiger partial charge in [0.1, 0.15) is 16.5 Å². The Hall–Kier alpha value is -1.16. The van der Waals surface area contributed by atoms with Crippen molar-refractivity contribution >= 4 is 27.4 Å². The van der Waals surface area contributed by atoms with Gasteiger partial charge in [0.25, 0.3) is 0 Å². The molecule has 19 heavy (non-hydrogen) atoms. The molecular weight excluding hydrogens is 254 g/mol. The summed E-state index contributed by atoms with van der Waals surface area (Å²) in [5, 5.41) is 4.55. The second-order valence-corrected chi connectivity index (χ2v) is 6.35. The van der Waals surface area contributed by atoms with Crippen LogP contribution in [0.25, 0.3) is 10.2 Å². The molecule has 0 amide bonds. The predicted octanol–water partition coefficient (Wildman–Crippen LogP) is 4.27. The number of thiophene rings is 1. The van der Waals surface area contributed by atoms with Gasteiger partial charge in [0.15, 0.2) is 0 Å². The minimum atomic E-state index is 0.691. The van der Waals surface area contributed by atoms with Crippen molar-refractivity contribution in [3.8, 4) is 0 Å². The van der Waals surface area contributed by atoms with E-state index in [-0.39, 0.29) is 0 Å². The Morgan fingerprint density at radius 1 is 1.26 bits per heavy atom. The van der Waals surface area contributed by atoms with Gasteiger partial charge in [-0.05, 0) is 31.7 Å². The van der Waals surface area contributed by atoms with Crippen LogP contribution in [0.3, 0.4) is 0 Å². The molecule has 2 aromatic rings. The number of anilines is 1. The van der Waals surface area contributed by atoms with Crippen LogP contribution in [0.4, 0.5) is 5.82 Å². The third-order valence-corrected chi connectivity index (χ3v) is 4.30. The van der Waals surface area contributed by atoms with Gasteiger partial charge < -0.3 is 5.32 Å². The summed E-state index contributed by atoms with van der Waals surface area (Å²) in [4.78, 5) is 11.9. The van der Waals surface area contributed by atoms with Crippen LogP contribution in [0, 0.1) is 5.92 Å². The Morgan fingerprint density at radius 3 is 2.68 bits per heavy atom. The minimum Gasteiger partial charge on any atom is -0.370 e. The smallest absolute Gasteiger partial charge is 0.138 e. The Balaban J connectivity index is 2.38. The first-order valence-corrected chi connectivity index (χ1v) is 7.98. The van der Waals surface area contributed by atoms with Crippen LogP contribution in [-0.2, 0) is 12.8 Å². The summed E-state index contributed by atoms with van der Waals surface area (Å²) in [6, 6.07) is 2.23. The van der Waals surface area contributed by atoms with Gasteiger partial charge in [-0.15, -0.1) is 11.3 Å². The van der Waals surface area contributed by atoms with Gasteiger partial charge >= 0.3 is 0 Å². The van der Waals surface area contributed by atoms with Crippen LogP contribution in [0.5, 0.6) is 0 Å². The molecule has 2 rings (SSSR count). The average molecular weight is 277 g/mol. The second kappa shape index (κ2) is 6.33. The van der Waals surface area contributed by atoms with Crippen molar-refractivity contribution in [2.75, 3.05) is 11.9 Å². The monoisotopic (exact) mass is 277 g/mol. The number of rotatable bonds is 6. The number of aromatic nitrogens is 2. The van der Waals surface area contributed by atoms with E-state index in [9.17, 15) is 0 Å². The van der Waals surface area contributed by atoms with Gasteiger partial charge in [-0.3, -0.25) is 0 Å². The summed E-state index contributed by atoms with van der Waals surface area (Å²) in [7, 11) is 0. The van der Waals surface area contributed by atoms with Crippen molar-refractivity contribution in [3.63, 3.8) is 0 Å². The molecule has 0 aromatic carbocycles. The first-order valence-electron chi connectivity index (χ1n) is 7.17. The van der Waals surface area contributed by atoms with Crippen LogP contribution >= 0.6 is 11.3 Å². The molecule has 0 aliphatic rings. The van der Waals surface area contributed by atoms with E-state index in [1.807, 2.05) is 0 Å². The normalized spacial score (nSPS) is 11.4. The summed E-state index contributed by atoms with van der Waals surface area (Å²) in [6.45, 7) is 9.67. The Morgan fingerprint density at radius 2 is 2.05 bits per heavy atom. The summed E-state index contributed by atoms with van der Waals surface area (Å²) in [5.74, 6) is 2.67. The zero-order valence-electron chi connectivity index (χ0n) is 12.3. The molecule has 4 heteroatoms. The molecule has 1 N–H and O–H groups in total. The average Bonchev–Trinajstić information content (AvgIpc) is 2.80. The number of nitrogens with one attached hydrogen (secondary N) is 1. The lowest BCUT2D eigenvalue weighted by Crippen LogP contribution is -2.04. The maximum absolute atomic E-state index is 4.73. The molecule has 0 spiro atoms. The van der Waals surface area contributed by atoms with Gasteiger partial charge in [-0.2, -0.15) is 0 Å². The van der Waals surface area contributed by atoms with Gasteiger partial charge in [0.05, 0.1) is 5.39 Å². The zero-order valence-corrected chi connectivity index (χ0v) is 13.1. The van der Waals surface area contributed by atoms with Crippen LogP contribution in [0.2, 0.25) is 0 Å². The largest absolute Gasteiger partial charge is 0.370 e. The SMILES string of the molecule is CCNc1nc(CCC(C)C)nc2sc(CC)cc12. The third-order valence-electron chi connectivity index (χ3n) is 3.13. The van der Waals surface area contributed by atoms with E-state index < -0.39 is 0 Å². The van der Waals surface area contributed by atoms with Gasteiger partial charge in [-0.25, -0.2) is 9.97 Å². The van der Waals surface area contributed by atoms with E-state index in [4.69, 9.17) is 9.97 Å². The van der Waals surface area contributed by atoms with Crippen LogP contribution in [0.1, 0.15) is 44.8 Å². The fourth-order valence-corrected chi connectivity index (χ4v) is 3.01. The topological polar surface area (TPSA) is 37.8 Å². The number of hydrogen-bond acceptors (Lipinski definition) is 4. The molecule has 0 fully saturated rings. The fraction of sp³-hybridized carbons (Fsp3) is 0.600. The highest BCUT2D eigenvalue weighted by Gasteiger charge is 2.11. The zero-order chi connectivity index (χ0) is 13.8. The number of hydrogen-bond donors (Lipinski definition) is 1. The molecule has 0 aliphatic carbocycles. The summed E-state index contributed by atoms with van der Waals surface area (Å²) in [5.41, 5.74) is 0. The van der Waals surface area contributed by atoms with Crippen molar-refractivity contribution in [2.24, 2.45) is 5.92 Å². The molecule has 104 valence electrons. The van der Waals surface area contributed by atoms with E-state index in [2.05, 4.69) is 39.1 Å². The lowest BCUT2D eigenvalue weighted by Gasteiger charge is -2.08. The van der Waals surface area contributed by atoms with Crippen LogP contribution in [0.15, 0.2) is 6.07 Å². The highest BCUT2D eigenvalue weighted by atomic mass is 32.1. The first kappa shape index (κ1) is 14.3. The van der Waals surface area contributed by atoms with Crippen molar-refractivity contribution < 1.29 is 0 Å². The summed E-state index contributed by atoms with van der Waals surface area (Å²) < 4.78 is 0. The van der Waals surface area contributed by atoms with Gasteiger partial charge in [0.2, 0.25) is 0 Å². The molecule has 0 saturated carbocycles. The van der Waals surface area contributed by atoms with E-state index in [1.165, 1.54) is 10.3 Å². The molecule has 2 heterocycles. The highest BCUT2D eigenvalue weighted by molar-refractivity contribution is 7.18. The Bertz CT molecular complexity index is 546. The minimum absolute atomic E-state index is 0.691. The van der Waals surface area contributed by atoms with Gasteiger partial charge in [-0.1, -0.05) is 20.8 Å². The molecule has 0 saturated heterocycles. The molecule has 0 bridgehead atoms. The summed E-state index contributed by atoms with van der Waals surface area (Å²) in [6.07, 6.45) is 3.17. The van der Waals surface area contributed by atoms with E-state index in [0.29, 0.717) is 5.92 Å². The maximum atomic E-state index is 4.73. The Labute approximate surface area is 119 Å². The molecule has 0 radical (unpaired) electrons. The van der Waals surface area contributed by atoms with Gasteiger partial charge in [0, 0.05) is 17.8 Å². The van der Waals surface area contributed by atoms with Crippen LogP contribution in [-0.4, -0.2) is 16.5 Å². The van der Waals surface area contributed by atoms with Crippen molar-refractivity contribution in [2.45, 2.75) is 47.0 Å². The van der Waals surface area contributed by atoms with Crippen molar-refractivity contribution in [1.82, 2.24) is 9.97 Å². The fourth-order valence-electron chi connectivity index (χ4n) is 2.02. The Kier molecular flexibility index (Phi) is 4.75. The lowest BCUT2D eigenvalue weighted by molar-refractivity contribution is 0.576. The number of fused-ring (bicyclic) bond motifs is 1. The molecule has 0 atom stereocenters. The van der Waals surface area contributed by atoms with E-state index in [0.717, 1.165) is 42.3 Å². The molecule has 2 aromatic heterocycles.